The van der Waals surface area contributed by atoms with Crippen LogP contribution in [0.25, 0.3) is 0 Å². The Bertz CT molecular complexity index is 304. The minimum absolute atomic E-state index is 0.147. The third-order valence-corrected chi connectivity index (χ3v) is 2.90. The molecule has 1 fully saturated rings. The fourth-order valence-electron chi connectivity index (χ4n) is 1.97. The van der Waals surface area contributed by atoms with Gasteiger partial charge in [0.15, 0.2) is 0 Å². The molecular weight excluding hydrogens is 234 g/mol. The lowest BCUT2D eigenvalue weighted by atomic mass is 9.93. The summed E-state index contributed by atoms with van der Waals surface area (Å²) in [5.74, 6) is 5.20. The van der Waals surface area contributed by atoms with Crippen molar-refractivity contribution in [2.45, 2.75) is 45.6 Å². The normalized spacial score (nSPS) is 17.4. The molecular formula is C12H23N3O3. The molecule has 1 aliphatic rings. The second-order valence-electron chi connectivity index (χ2n) is 5.68. The lowest BCUT2D eigenvalue weighted by Gasteiger charge is -2.33. The molecule has 2 amide bonds. The third kappa shape index (κ3) is 4.91. The number of carbonyl (C=O) groups is 2. The van der Waals surface area contributed by atoms with Crippen molar-refractivity contribution in [2.24, 2.45) is 11.8 Å². The van der Waals surface area contributed by atoms with Gasteiger partial charge in [-0.2, -0.15) is 0 Å². The number of nitrogens with one attached hydrogen (secondary N) is 1. The maximum absolute atomic E-state index is 11.8. The summed E-state index contributed by atoms with van der Waals surface area (Å²) in [6.45, 7) is 6.82. The molecule has 0 aromatic rings. The molecule has 0 atom stereocenters. The maximum atomic E-state index is 11.8. The fraction of sp³-hybridized carbons (Fsp3) is 0.833. The predicted molar refractivity (Wildman–Crippen MR) is 67.5 cm³/mol. The molecule has 0 saturated carbocycles. The van der Waals surface area contributed by atoms with E-state index < -0.39 is 5.60 Å². The highest BCUT2D eigenvalue weighted by molar-refractivity contribution is 5.75. The Labute approximate surface area is 108 Å². The summed E-state index contributed by atoms with van der Waals surface area (Å²) < 4.78 is 5.30. The van der Waals surface area contributed by atoms with E-state index in [0.29, 0.717) is 25.4 Å². The molecule has 1 heterocycles. The molecule has 0 aromatic heterocycles. The van der Waals surface area contributed by atoms with Crippen molar-refractivity contribution in [2.75, 3.05) is 13.1 Å². The highest BCUT2D eigenvalue weighted by Crippen LogP contribution is 2.21. The molecule has 1 aliphatic heterocycles. The van der Waals surface area contributed by atoms with E-state index in [2.05, 4.69) is 5.43 Å². The molecule has 0 aliphatic carbocycles. The fourth-order valence-corrected chi connectivity index (χ4v) is 1.97. The average molecular weight is 257 g/mol. The van der Waals surface area contributed by atoms with Crippen LogP contribution in [0.4, 0.5) is 4.79 Å². The number of amides is 2. The van der Waals surface area contributed by atoms with Crippen LogP contribution in [0.2, 0.25) is 0 Å². The van der Waals surface area contributed by atoms with Crippen molar-refractivity contribution in [3.63, 3.8) is 0 Å². The van der Waals surface area contributed by atoms with Crippen LogP contribution in [-0.4, -0.2) is 35.6 Å². The Kier molecular flexibility index (Phi) is 4.95. The summed E-state index contributed by atoms with van der Waals surface area (Å²) >= 11 is 0. The molecule has 0 unspecified atom stereocenters. The first-order valence-electron chi connectivity index (χ1n) is 6.29. The largest absolute Gasteiger partial charge is 0.444 e. The Balaban J connectivity index is 2.35. The zero-order valence-electron chi connectivity index (χ0n) is 11.4. The van der Waals surface area contributed by atoms with Gasteiger partial charge in [0.25, 0.3) is 0 Å². The van der Waals surface area contributed by atoms with Gasteiger partial charge in [-0.3, -0.25) is 10.2 Å². The Morgan fingerprint density at radius 1 is 1.33 bits per heavy atom. The molecule has 6 heteroatoms. The summed E-state index contributed by atoms with van der Waals surface area (Å²) in [6.07, 6.45) is 1.78. The number of hydrazine groups is 1. The van der Waals surface area contributed by atoms with Crippen LogP contribution in [-0.2, 0) is 9.53 Å². The number of hydrogen-bond donors (Lipinski definition) is 2. The molecule has 1 rings (SSSR count). The molecule has 0 radical (unpaired) electrons. The molecule has 1 saturated heterocycles. The summed E-state index contributed by atoms with van der Waals surface area (Å²) in [5.41, 5.74) is 1.67. The monoisotopic (exact) mass is 257 g/mol. The van der Waals surface area contributed by atoms with Gasteiger partial charge in [0.1, 0.15) is 5.60 Å². The average Bonchev–Trinajstić information content (AvgIpc) is 2.27. The SMILES string of the molecule is CC(C)(C)OC(=O)N1CCC(CC(=O)NN)CC1. The highest BCUT2D eigenvalue weighted by atomic mass is 16.6. The minimum atomic E-state index is -0.465. The quantitative estimate of drug-likeness (QED) is 0.439. The van der Waals surface area contributed by atoms with Crippen LogP contribution in [0.5, 0.6) is 0 Å². The van der Waals surface area contributed by atoms with Gasteiger partial charge < -0.3 is 9.64 Å². The minimum Gasteiger partial charge on any atom is -0.444 e. The summed E-state index contributed by atoms with van der Waals surface area (Å²) in [4.78, 5) is 24.6. The molecule has 3 N–H and O–H groups in total. The van der Waals surface area contributed by atoms with Gasteiger partial charge >= 0.3 is 6.09 Å². The van der Waals surface area contributed by atoms with Gasteiger partial charge in [-0.1, -0.05) is 0 Å². The third-order valence-electron chi connectivity index (χ3n) is 2.90. The molecule has 0 aromatic carbocycles. The van der Waals surface area contributed by atoms with Crippen LogP contribution in [0, 0.1) is 5.92 Å². The van der Waals surface area contributed by atoms with Crippen LogP contribution >= 0.6 is 0 Å². The number of ether oxygens (including phenoxy) is 1. The number of rotatable bonds is 2. The summed E-state index contributed by atoms with van der Waals surface area (Å²) in [5, 5.41) is 0. The van der Waals surface area contributed by atoms with Crippen LogP contribution in [0.3, 0.4) is 0 Å². The van der Waals surface area contributed by atoms with E-state index in [-0.39, 0.29) is 12.0 Å². The van der Waals surface area contributed by atoms with E-state index in [1.54, 1.807) is 4.90 Å². The van der Waals surface area contributed by atoms with Gasteiger partial charge in [0, 0.05) is 19.5 Å². The van der Waals surface area contributed by atoms with Crippen LogP contribution in [0.15, 0.2) is 0 Å². The smallest absolute Gasteiger partial charge is 0.410 e. The molecule has 6 nitrogen and oxygen atoms in total. The zero-order valence-corrected chi connectivity index (χ0v) is 11.4. The van der Waals surface area contributed by atoms with E-state index >= 15 is 0 Å². The van der Waals surface area contributed by atoms with Crippen LogP contribution < -0.4 is 11.3 Å². The van der Waals surface area contributed by atoms with Gasteiger partial charge in [0.2, 0.25) is 5.91 Å². The standard InChI is InChI=1S/C12H23N3O3/c1-12(2,3)18-11(17)15-6-4-9(5-7-15)8-10(16)14-13/h9H,4-8,13H2,1-3H3,(H,14,16). The van der Waals surface area contributed by atoms with E-state index in [0.717, 1.165) is 12.8 Å². The van der Waals surface area contributed by atoms with Crippen molar-refractivity contribution >= 4 is 12.0 Å². The number of carbonyl (C=O) groups excluding carboxylic acids is 2. The van der Waals surface area contributed by atoms with E-state index in [1.165, 1.54) is 0 Å². The number of hydrogen-bond acceptors (Lipinski definition) is 4. The molecule has 0 bridgehead atoms. The second kappa shape index (κ2) is 6.04. The number of piperidine rings is 1. The van der Waals surface area contributed by atoms with E-state index in [9.17, 15) is 9.59 Å². The highest BCUT2D eigenvalue weighted by Gasteiger charge is 2.27. The first-order valence-corrected chi connectivity index (χ1v) is 6.29. The topological polar surface area (TPSA) is 84.7 Å². The Hall–Kier alpha value is -1.30. The van der Waals surface area contributed by atoms with Crippen LogP contribution in [0.1, 0.15) is 40.0 Å². The zero-order chi connectivity index (χ0) is 13.8. The molecule has 18 heavy (non-hydrogen) atoms. The first-order chi connectivity index (χ1) is 8.31. The first kappa shape index (κ1) is 14.8. The van der Waals surface area contributed by atoms with E-state index in [4.69, 9.17) is 10.6 Å². The van der Waals surface area contributed by atoms with Gasteiger partial charge in [0.05, 0.1) is 0 Å². The summed E-state index contributed by atoms with van der Waals surface area (Å²) in [7, 11) is 0. The molecule has 0 spiro atoms. The van der Waals surface area contributed by atoms with Gasteiger partial charge in [-0.15, -0.1) is 0 Å². The van der Waals surface area contributed by atoms with Crippen molar-refractivity contribution in [1.29, 1.82) is 0 Å². The maximum Gasteiger partial charge on any atom is 0.410 e. The van der Waals surface area contributed by atoms with Crippen molar-refractivity contribution < 1.29 is 14.3 Å². The van der Waals surface area contributed by atoms with E-state index in [1.807, 2.05) is 20.8 Å². The second-order valence-corrected chi connectivity index (χ2v) is 5.68. The Morgan fingerprint density at radius 2 is 1.89 bits per heavy atom. The lowest BCUT2D eigenvalue weighted by Crippen LogP contribution is -2.42. The summed E-state index contributed by atoms with van der Waals surface area (Å²) in [6, 6.07) is 0. The number of nitrogens with two attached hydrogens (primary N) is 1. The number of nitrogens with zero attached hydrogens (tertiary/aromatic N) is 1. The Morgan fingerprint density at radius 3 is 2.33 bits per heavy atom. The van der Waals surface area contributed by atoms with Gasteiger partial charge in [-0.25, -0.2) is 10.6 Å². The van der Waals surface area contributed by atoms with Gasteiger partial charge in [-0.05, 0) is 39.5 Å². The molecule has 104 valence electrons. The lowest BCUT2D eigenvalue weighted by molar-refractivity contribution is -0.122. The number of likely N-dealkylation sites (tertiary alicyclic amines) is 1. The predicted octanol–water partition coefficient (Wildman–Crippen LogP) is 1.01. The van der Waals surface area contributed by atoms with Crippen molar-refractivity contribution in [3.05, 3.63) is 0 Å². The van der Waals surface area contributed by atoms with Crippen molar-refractivity contribution in [1.82, 2.24) is 10.3 Å². The van der Waals surface area contributed by atoms with Crippen molar-refractivity contribution in [3.8, 4) is 0 Å².